The number of rotatable bonds is 2. The van der Waals surface area contributed by atoms with Crippen molar-refractivity contribution in [1.29, 1.82) is 0 Å². The summed E-state index contributed by atoms with van der Waals surface area (Å²) in [5.74, 6) is -1.26. The van der Waals surface area contributed by atoms with Crippen LogP contribution < -0.4 is 5.11 Å². The number of carboxylic acids is 1. The van der Waals surface area contributed by atoms with Crippen LogP contribution in [0.2, 0.25) is 5.02 Å². The molecule has 2 rings (SSSR count). The largest absolute Gasteiger partial charge is 0.546 e. The number of aliphatic carboxylic acids is 1. The first-order valence-corrected chi connectivity index (χ1v) is 4.74. The molecule has 0 aliphatic carbocycles. The summed E-state index contributed by atoms with van der Waals surface area (Å²) >= 11 is 5.93. The van der Waals surface area contributed by atoms with Crippen LogP contribution in [0.5, 0.6) is 0 Å². The number of hydrogen-bond acceptors (Lipinski definition) is 4. The van der Waals surface area contributed by atoms with Gasteiger partial charge in [0.1, 0.15) is 0 Å². The number of benzene rings is 1. The maximum absolute atomic E-state index is 10.5. The summed E-state index contributed by atoms with van der Waals surface area (Å²) in [7, 11) is 0. The van der Waals surface area contributed by atoms with Crippen molar-refractivity contribution in [3.63, 3.8) is 0 Å². The molecule has 1 heterocycles. The molecule has 1 atom stereocenters. The van der Waals surface area contributed by atoms with Gasteiger partial charge in [-0.25, -0.2) is 0 Å². The highest BCUT2D eigenvalue weighted by Gasteiger charge is 2.24. The molecule has 0 N–H and O–H groups in total. The minimum Gasteiger partial charge on any atom is -0.546 e. The third kappa shape index (κ3) is 1.94. The van der Waals surface area contributed by atoms with Crippen LogP contribution in [0.15, 0.2) is 29.4 Å². The van der Waals surface area contributed by atoms with Gasteiger partial charge in [0.15, 0.2) is 6.10 Å². The molecule has 78 valence electrons. The molecule has 1 aliphatic heterocycles. The molecule has 15 heavy (non-hydrogen) atoms. The number of carboxylic acid groups (broad SMARTS) is 1. The fourth-order valence-electron chi connectivity index (χ4n) is 1.36. The first-order chi connectivity index (χ1) is 7.18. The monoisotopic (exact) mass is 224 g/mol. The molecule has 0 bridgehead atoms. The average molecular weight is 225 g/mol. The molecule has 5 heteroatoms. The number of carbonyl (C=O) groups is 1. The van der Waals surface area contributed by atoms with Gasteiger partial charge in [-0.15, -0.1) is 0 Å². The molecule has 0 spiro atoms. The molecule has 0 saturated carbocycles. The summed E-state index contributed by atoms with van der Waals surface area (Å²) in [6.45, 7) is 0. The van der Waals surface area contributed by atoms with Crippen molar-refractivity contribution >= 4 is 23.3 Å². The summed E-state index contributed by atoms with van der Waals surface area (Å²) < 4.78 is 0. The molecule has 0 radical (unpaired) electrons. The molecule has 0 aromatic heterocycles. The van der Waals surface area contributed by atoms with Crippen molar-refractivity contribution in [2.75, 3.05) is 0 Å². The number of halogens is 1. The lowest BCUT2D eigenvalue weighted by Gasteiger charge is -2.07. The predicted molar refractivity (Wildman–Crippen MR) is 52.5 cm³/mol. The zero-order valence-corrected chi connectivity index (χ0v) is 8.40. The van der Waals surface area contributed by atoms with Gasteiger partial charge >= 0.3 is 0 Å². The first kappa shape index (κ1) is 9.98. The average Bonchev–Trinajstić information content (AvgIpc) is 2.67. The molecule has 0 amide bonds. The van der Waals surface area contributed by atoms with Crippen molar-refractivity contribution in [3.8, 4) is 0 Å². The van der Waals surface area contributed by atoms with Crippen molar-refractivity contribution in [1.82, 2.24) is 0 Å². The van der Waals surface area contributed by atoms with E-state index in [0.717, 1.165) is 0 Å². The summed E-state index contributed by atoms with van der Waals surface area (Å²) in [4.78, 5) is 15.2. The van der Waals surface area contributed by atoms with E-state index in [1.165, 1.54) is 0 Å². The predicted octanol–water partition coefficient (Wildman–Crippen LogP) is 0.583. The molecule has 0 unspecified atom stereocenters. The Morgan fingerprint density at radius 3 is 2.87 bits per heavy atom. The van der Waals surface area contributed by atoms with Crippen LogP contribution in [0, 0.1) is 0 Å². The van der Waals surface area contributed by atoms with Gasteiger partial charge in [-0.2, -0.15) is 0 Å². The highest BCUT2D eigenvalue weighted by Crippen LogP contribution is 2.22. The number of hydrogen-bond donors (Lipinski definition) is 0. The van der Waals surface area contributed by atoms with Crippen LogP contribution in [-0.2, 0) is 9.63 Å². The zero-order chi connectivity index (χ0) is 10.8. The molecular formula is C10H7ClNO3-. The molecule has 1 aliphatic rings. The van der Waals surface area contributed by atoms with Crippen LogP contribution in [-0.4, -0.2) is 17.8 Å². The van der Waals surface area contributed by atoms with E-state index in [4.69, 9.17) is 16.4 Å². The third-order valence-electron chi connectivity index (χ3n) is 2.12. The fraction of sp³-hybridized carbons (Fsp3) is 0.200. The minimum atomic E-state index is -1.26. The van der Waals surface area contributed by atoms with Gasteiger partial charge in [-0.1, -0.05) is 35.0 Å². The van der Waals surface area contributed by atoms with E-state index in [2.05, 4.69) is 5.16 Å². The zero-order valence-electron chi connectivity index (χ0n) is 7.64. The normalized spacial score (nSPS) is 19.5. The molecule has 1 aromatic rings. The quantitative estimate of drug-likeness (QED) is 0.738. The van der Waals surface area contributed by atoms with E-state index in [1.807, 2.05) is 0 Å². The van der Waals surface area contributed by atoms with E-state index in [-0.39, 0.29) is 6.42 Å². The highest BCUT2D eigenvalue weighted by atomic mass is 35.5. The van der Waals surface area contributed by atoms with Gasteiger partial charge in [-0.3, -0.25) is 0 Å². The van der Waals surface area contributed by atoms with Gasteiger partial charge in [-0.05, 0) is 6.07 Å². The number of nitrogens with zero attached hydrogens (tertiary/aromatic N) is 1. The lowest BCUT2D eigenvalue weighted by Crippen LogP contribution is -2.35. The fourth-order valence-corrected chi connectivity index (χ4v) is 1.60. The van der Waals surface area contributed by atoms with Gasteiger partial charge < -0.3 is 14.7 Å². The Labute approximate surface area is 91.1 Å². The topological polar surface area (TPSA) is 61.7 Å². The van der Waals surface area contributed by atoms with Crippen LogP contribution in [0.25, 0.3) is 0 Å². The standard InChI is InChI=1S/C10H8ClNO3/c11-7-4-2-1-3-6(7)8-5-9(10(13)14)15-12-8/h1-4,9H,5H2,(H,13,14)/p-1/t9-/m1/s1. The Morgan fingerprint density at radius 2 is 2.27 bits per heavy atom. The van der Waals surface area contributed by atoms with Gasteiger partial charge in [0, 0.05) is 17.0 Å². The van der Waals surface area contributed by atoms with Gasteiger partial charge in [0.2, 0.25) is 0 Å². The Kier molecular flexibility index (Phi) is 2.60. The van der Waals surface area contributed by atoms with Crippen molar-refractivity contribution in [3.05, 3.63) is 34.9 Å². The minimum absolute atomic E-state index is 0.187. The Morgan fingerprint density at radius 1 is 1.53 bits per heavy atom. The molecular weight excluding hydrogens is 218 g/mol. The lowest BCUT2D eigenvalue weighted by atomic mass is 10.1. The molecule has 0 fully saturated rings. The second-order valence-electron chi connectivity index (χ2n) is 3.14. The van der Waals surface area contributed by atoms with Crippen molar-refractivity contribution in [2.24, 2.45) is 5.16 Å². The van der Waals surface area contributed by atoms with E-state index >= 15 is 0 Å². The second kappa shape index (κ2) is 3.90. The maximum atomic E-state index is 10.5. The van der Waals surface area contributed by atoms with Crippen LogP contribution >= 0.6 is 11.6 Å². The van der Waals surface area contributed by atoms with Crippen molar-refractivity contribution in [2.45, 2.75) is 12.5 Å². The van der Waals surface area contributed by atoms with Gasteiger partial charge in [0.05, 0.1) is 11.7 Å². The highest BCUT2D eigenvalue weighted by molar-refractivity contribution is 6.34. The van der Waals surface area contributed by atoms with E-state index in [0.29, 0.717) is 16.3 Å². The van der Waals surface area contributed by atoms with Crippen LogP contribution in [0.3, 0.4) is 0 Å². The summed E-state index contributed by atoms with van der Waals surface area (Å²) in [5.41, 5.74) is 1.23. The van der Waals surface area contributed by atoms with E-state index in [1.54, 1.807) is 24.3 Å². The van der Waals surface area contributed by atoms with Crippen molar-refractivity contribution < 1.29 is 14.7 Å². The summed E-state index contributed by atoms with van der Waals surface area (Å²) in [5, 5.41) is 14.7. The van der Waals surface area contributed by atoms with E-state index < -0.39 is 12.1 Å². The Bertz CT molecular complexity index is 430. The number of oxime groups is 1. The molecule has 4 nitrogen and oxygen atoms in total. The Balaban J connectivity index is 2.21. The summed E-state index contributed by atoms with van der Waals surface area (Å²) in [6, 6.07) is 7.07. The van der Waals surface area contributed by atoms with Crippen LogP contribution in [0.1, 0.15) is 12.0 Å². The Hall–Kier alpha value is -1.55. The lowest BCUT2D eigenvalue weighted by molar-refractivity contribution is -0.315. The number of carbonyl (C=O) groups excluding carboxylic acids is 1. The maximum Gasteiger partial charge on any atom is 0.172 e. The first-order valence-electron chi connectivity index (χ1n) is 4.37. The van der Waals surface area contributed by atoms with Gasteiger partial charge in [0.25, 0.3) is 0 Å². The van der Waals surface area contributed by atoms with Crippen LogP contribution in [0.4, 0.5) is 0 Å². The smallest absolute Gasteiger partial charge is 0.172 e. The summed E-state index contributed by atoms with van der Waals surface area (Å²) in [6.07, 6.45) is -0.817. The third-order valence-corrected chi connectivity index (χ3v) is 2.45. The SMILES string of the molecule is O=C([O-])[C@H]1CC(c2ccccc2Cl)=NO1. The molecule has 1 aromatic carbocycles. The van der Waals surface area contributed by atoms with E-state index in [9.17, 15) is 9.90 Å². The molecule has 0 saturated heterocycles. The second-order valence-corrected chi connectivity index (χ2v) is 3.54.